The number of piperidine rings is 1. The number of anilines is 1. The number of nitrogens with zero attached hydrogens (tertiary/aromatic N) is 3. The number of nitro benzene ring substituents is 1. The van der Waals surface area contributed by atoms with E-state index in [4.69, 9.17) is 19.4 Å². The second-order valence-electron chi connectivity index (χ2n) is 9.12. The molecule has 0 saturated carbocycles. The van der Waals surface area contributed by atoms with E-state index < -0.39 is 28.7 Å². The van der Waals surface area contributed by atoms with Crippen molar-refractivity contribution in [1.82, 2.24) is 10.2 Å². The Bertz CT molecular complexity index is 1260. The predicted molar refractivity (Wildman–Crippen MR) is 135 cm³/mol. The number of nitrogens with one attached hydrogen (secondary N) is 1. The van der Waals surface area contributed by atoms with Crippen LogP contribution in [0.2, 0.25) is 0 Å². The Morgan fingerprint density at radius 1 is 1.05 bits per heavy atom. The Labute approximate surface area is 218 Å². The highest BCUT2D eigenvalue weighted by Gasteiger charge is 2.38. The minimum absolute atomic E-state index is 0.0119. The van der Waals surface area contributed by atoms with Crippen molar-refractivity contribution in [1.29, 1.82) is 0 Å². The number of aliphatic hydroxyl groups excluding tert-OH is 1. The van der Waals surface area contributed by atoms with E-state index in [1.807, 2.05) is 0 Å². The van der Waals surface area contributed by atoms with Crippen molar-refractivity contribution >= 4 is 23.2 Å². The number of fused-ring (bicyclic) bond motifs is 1. The lowest BCUT2D eigenvalue weighted by molar-refractivity contribution is -0.384. The lowest BCUT2D eigenvalue weighted by Crippen LogP contribution is -2.51. The van der Waals surface area contributed by atoms with Gasteiger partial charge in [-0.15, -0.1) is 0 Å². The zero-order chi connectivity index (χ0) is 26.6. The van der Waals surface area contributed by atoms with Crippen molar-refractivity contribution in [2.24, 2.45) is 0 Å². The number of hydrogen-bond donors (Lipinski definition) is 2. The third-order valence-corrected chi connectivity index (χ3v) is 6.66. The number of hydrogen-bond acceptors (Lipinski definition) is 9. The number of ether oxygens (including phenoxy) is 2. The van der Waals surface area contributed by atoms with Crippen LogP contribution in [-0.4, -0.2) is 65.8 Å². The fraction of sp³-hybridized carbons (Fsp3) is 0.385. The highest BCUT2D eigenvalue weighted by molar-refractivity contribution is 5.96. The number of nitro groups is 1. The highest BCUT2D eigenvalue weighted by atomic mass is 16.7. The summed E-state index contributed by atoms with van der Waals surface area (Å²) in [6.07, 6.45) is 5.61. The van der Waals surface area contributed by atoms with E-state index in [1.54, 1.807) is 35.3 Å². The average Bonchev–Trinajstić information content (AvgIpc) is 3.43. The molecule has 2 amide bonds. The van der Waals surface area contributed by atoms with Crippen LogP contribution in [0.3, 0.4) is 0 Å². The van der Waals surface area contributed by atoms with Crippen LogP contribution in [0.15, 0.2) is 48.6 Å². The van der Waals surface area contributed by atoms with Gasteiger partial charge in [-0.25, -0.2) is 5.06 Å². The molecule has 0 spiro atoms. The summed E-state index contributed by atoms with van der Waals surface area (Å²) in [7, 11) is 0. The van der Waals surface area contributed by atoms with Gasteiger partial charge in [-0.05, 0) is 49.1 Å². The number of likely N-dealkylation sites (tertiary alicyclic amines) is 1. The summed E-state index contributed by atoms with van der Waals surface area (Å²) in [4.78, 5) is 45.5. The van der Waals surface area contributed by atoms with Crippen molar-refractivity contribution in [2.75, 3.05) is 38.1 Å². The van der Waals surface area contributed by atoms with Gasteiger partial charge in [0.15, 0.2) is 17.5 Å². The summed E-state index contributed by atoms with van der Waals surface area (Å²) < 4.78 is 10.9. The first-order chi connectivity index (χ1) is 18.5. The van der Waals surface area contributed by atoms with Gasteiger partial charge in [-0.2, -0.15) is 0 Å². The van der Waals surface area contributed by atoms with Gasteiger partial charge >= 0.3 is 0 Å². The van der Waals surface area contributed by atoms with E-state index in [0.29, 0.717) is 30.2 Å². The van der Waals surface area contributed by atoms with Crippen LogP contribution in [0.4, 0.5) is 11.4 Å². The van der Waals surface area contributed by atoms with E-state index >= 15 is 0 Å². The summed E-state index contributed by atoms with van der Waals surface area (Å²) in [5.41, 5.74) is 0.409. The standard InChI is InChI=1S/C26H28N4O8/c31-13-10-27-25(32)18-4-6-19(21(14-18)30(34)35)29-20(26(33)28-11-2-1-3-12-28)7-9-22(38-29)17-5-8-23-24(15-17)37-16-36-23/h4-9,14-15,20,22,31H,1-3,10-13,16H2,(H,27,32). The minimum atomic E-state index is -0.939. The first kappa shape index (κ1) is 25.5. The van der Waals surface area contributed by atoms with E-state index in [9.17, 15) is 19.7 Å². The van der Waals surface area contributed by atoms with Crippen molar-refractivity contribution in [3.05, 3.63) is 69.8 Å². The normalized spacial score (nSPS) is 20.3. The van der Waals surface area contributed by atoms with Gasteiger partial charge in [-0.3, -0.25) is 24.5 Å². The number of carbonyl (C=O) groups excluding carboxylic acids is 2. The maximum atomic E-state index is 13.6. The maximum Gasteiger partial charge on any atom is 0.295 e. The molecule has 0 aliphatic carbocycles. The summed E-state index contributed by atoms with van der Waals surface area (Å²) in [6, 6.07) is 8.36. The zero-order valence-electron chi connectivity index (χ0n) is 20.6. The van der Waals surface area contributed by atoms with Gasteiger partial charge in [0.2, 0.25) is 6.79 Å². The Kier molecular flexibility index (Phi) is 7.43. The summed E-state index contributed by atoms with van der Waals surface area (Å²) in [5.74, 6) is 0.382. The van der Waals surface area contributed by atoms with Gasteiger partial charge in [0, 0.05) is 31.3 Å². The largest absolute Gasteiger partial charge is 0.454 e. The molecule has 12 heteroatoms. The quantitative estimate of drug-likeness (QED) is 0.317. The number of amides is 2. The summed E-state index contributed by atoms with van der Waals surface area (Å²) >= 11 is 0. The molecule has 0 aromatic heterocycles. The Balaban J connectivity index is 1.51. The first-order valence-corrected chi connectivity index (χ1v) is 12.5. The van der Waals surface area contributed by atoms with E-state index in [-0.39, 0.29) is 37.1 Å². The lowest BCUT2D eigenvalue weighted by Gasteiger charge is -2.38. The molecule has 1 saturated heterocycles. The fourth-order valence-electron chi connectivity index (χ4n) is 4.73. The van der Waals surface area contributed by atoms with Crippen LogP contribution < -0.4 is 19.9 Å². The second kappa shape index (κ2) is 11.1. The molecule has 3 aliphatic heterocycles. The first-order valence-electron chi connectivity index (χ1n) is 12.5. The topological polar surface area (TPSA) is 144 Å². The monoisotopic (exact) mass is 524 g/mol. The van der Waals surface area contributed by atoms with E-state index in [2.05, 4.69) is 5.32 Å². The number of hydroxylamine groups is 1. The molecule has 200 valence electrons. The molecule has 5 rings (SSSR count). The summed E-state index contributed by atoms with van der Waals surface area (Å²) in [6.45, 7) is 1.08. The molecule has 3 aliphatic rings. The number of benzene rings is 2. The molecule has 2 aromatic rings. The molecule has 2 unspecified atom stereocenters. The predicted octanol–water partition coefficient (Wildman–Crippen LogP) is 2.48. The maximum absolute atomic E-state index is 13.6. The number of aliphatic hydroxyl groups is 1. The third kappa shape index (κ3) is 5.13. The van der Waals surface area contributed by atoms with Gasteiger partial charge < -0.3 is 24.8 Å². The summed E-state index contributed by atoms with van der Waals surface area (Å²) in [5, 5.41) is 24.8. The third-order valence-electron chi connectivity index (χ3n) is 6.66. The molecule has 1 fully saturated rings. The van der Waals surface area contributed by atoms with Gasteiger partial charge in [0.25, 0.3) is 17.5 Å². The Morgan fingerprint density at radius 3 is 2.61 bits per heavy atom. The van der Waals surface area contributed by atoms with Gasteiger partial charge in [0.05, 0.1) is 11.5 Å². The van der Waals surface area contributed by atoms with E-state index in [0.717, 1.165) is 25.3 Å². The van der Waals surface area contributed by atoms with Crippen LogP contribution in [0.1, 0.15) is 41.3 Å². The van der Waals surface area contributed by atoms with Crippen LogP contribution in [-0.2, 0) is 9.63 Å². The van der Waals surface area contributed by atoms with Crippen LogP contribution in [0.25, 0.3) is 0 Å². The van der Waals surface area contributed by atoms with Gasteiger partial charge in [0.1, 0.15) is 11.8 Å². The lowest BCUT2D eigenvalue weighted by atomic mass is 10.0. The molecule has 38 heavy (non-hydrogen) atoms. The van der Waals surface area contributed by atoms with Crippen molar-refractivity contribution in [3.8, 4) is 11.5 Å². The van der Waals surface area contributed by atoms with E-state index in [1.165, 1.54) is 17.2 Å². The molecular formula is C26H28N4O8. The molecule has 0 bridgehead atoms. The molecule has 2 N–H and O–H groups in total. The van der Waals surface area contributed by atoms with Crippen molar-refractivity contribution in [2.45, 2.75) is 31.4 Å². The molecule has 2 aromatic carbocycles. The number of rotatable bonds is 7. The molecule has 0 radical (unpaired) electrons. The smallest absolute Gasteiger partial charge is 0.295 e. The Morgan fingerprint density at radius 2 is 1.84 bits per heavy atom. The average molecular weight is 525 g/mol. The molecule has 2 atom stereocenters. The number of carbonyl (C=O) groups is 2. The highest BCUT2D eigenvalue weighted by Crippen LogP contribution is 2.40. The van der Waals surface area contributed by atoms with Crippen LogP contribution in [0, 0.1) is 10.1 Å². The van der Waals surface area contributed by atoms with Gasteiger partial charge in [-0.1, -0.05) is 18.2 Å². The van der Waals surface area contributed by atoms with Crippen LogP contribution in [0.5, 0.6) is 11.5 Å². The van der Waals surface area contributed by atoms with Crippen molar-refractivity contribution < 1.29 is 33.9 Å². The van der Waals surface area contributed by atoms with Crippen molar-refractivity contribution in [3.63, 3.8) is 0 Å². The second-order valence-corrected chi connectivity index (χ2v) is 9.12. The molecule has 12 nitrogen and oxygen atoms in total. The fourth-order valence-corrected chi connectivity index (χ4v) is 4.73. The van der Waals surface area contributed by atoms with Crippen LogP contribution >= 0.6 is 0 Å². The molecule has 3 heterocycles. The molecular weight excluding hydrogens is 496 g/mol. The Hall–Kier alpha value is -4.16. The SMILES string of the molecule is O=C(NCCO)c1ccc(N2OC(c3ccc4c(c3)OCO4)C=CC2C(=O)N2CCCCC2)c([N+](=O)[O-])c1. The minimum Gasteiger partial charge on any atom is -0.454 e. The zero-order valence-corrected chi connectivity index (χ0v) is 20.6.